The van der Waals surface area contributed by atoms with E-state index in [1.54, 1.807) is 0 Å². The van der Waals surface area contributed by atoms with Gasteiger partial charge >= 0.3 is 0 Å². The first-order valence-electron chi connectivity index (χ1n) is 6.82. The number of aryl methyl sites for hydroxylation is 1. The van der Waals surface area contributed by atoms with E-state index in [1.807, 2.05) is 13.0 Å². The molecular weight excluding hydrogens is 224 g/mol. The number of benzene rings is 1. The molecule has 0 aliphatic carbocycles. The SMILES string of the molecule is CCc1ccc(OCC(O)CC)c(C(C)(C)C)c1. The highest BCUT2D eigenvalue weighted by atomic mass is 16.5. The molecule has 1 rings (SSSR count). The average Bonchev–Trinajstić information content (AvgIpc) is 2.34. The van der Waals surface area contributed by atoms with Crippen LogP contribution in [0.25, 0.3) is 0 Å². The van der Waals surface area contributed by atoms with E-state index in [1.165, 1.54) is 11.1 Å². The van der Waals surface area contributed by atoms with E-state index in [-0.39, 0.29) is 11.5 Å². The summed E-state index contributed by atoms with van der Waals surface area (Å²) in [5.74, 6) is 0.896. The molecule has 0 radical (unpaired) electrons. The van der Waals surface area contributed by atoms with Crippen LogP contribution in [-0.2, 0) is 11.8 Å². The molecule has 0 amide bonds. The van der Waals surface area contributed by atoms with Gasteiger partial charge in [0, 0.05) is 0 Å². The second-order valence-corrected chi connectivity index (χ2v) is 5.81. The lowest BCUT2D eigenvalue weighted by atomic mass is 9.85. The summed E-state index contributed by atoms with van der Waals surface area (Å²) in [5.41, 5.74) is 2.59. The van der Waals surface area contributed by atoms with Crippen molar-refractivity contribution in [2.24, 2.45) is 0 Å². The first-order chi connectivity index (χ1) is 8.38. The van der Waals surface area contributed by atoms with Crippen LogP contribution in [0.4, 0.5) is 0 Å². The molecule has 0 bridgehead atoms. The van der Waals surface area contributed by atoms with Crippen molar-refractivity contribution in [3.8, 4) is 5.75 Å². The third-order valence-corrected chi connectivity index (χ3v) is 3.16. The molecule has 1 aromatic rings. The van der Waals surface area contributed by atoms with Gasteiger partial charge in [-0.3, -0.25) is 0 Å². The minimum absolute atomic E-state index is 0.0533. The van der Waals surface area contributed by atoms with Gasteiger partial charge in [0.25, 0.3) is 0 Å². The molecule has 0 fully saturated rings. The summed E-state index contributed by atoms with van der Waals surface area (Å²) >= 11 is 0. The molecule has 0 heterocycles. The summed E-state index contributed by atoms with van der Waals surface area (Å²) in [4.78, 5) is 0. The van der Waals surface area contributed by atoms with Gasteiger partial charge in [-0.2, -0.15) is 0 Å². The molecule has 0 aromatic heterocycles. The molecule has 0 aliphatic rings. The van der Waals surface area contributed by atoms with Gasteiger partial charge in [0.1, 0.15) is 12.4 Å². The zero-order chi connectivity index (χ0) is 13.8. The van der Waals surface area contributed by atoms with Gasteiger partial charge in [0.15, 0.2) is 0 Å². The van der Waals surface area contributed by atoms with Crippen LogP contribution < -0.4 is 4.74 Å². The van der Waals surface area contributed by atoms with E-state index in [0.717, 1.165) is 18.6 Å². The van der Waals surface area contributed by atoms with Gasteiger partial charge in [0.2, 0.25) is 0 Å². The van der Waals surface area contributed by atoms with Crippen molar-refractivity contribution < 1.29 is 9.84 Å². The first-order valence-corrected chi connectivity index (χ1v) is 6.82. The maximum atomic E-state index is 9.59. The summed E-state index contributed by atoms with van der Waals surface area (Å²) in [6.07, 6.45) is 1.36. The Kier molecular flexibility index (Phi) is 5.21. The normalized spacial score (nSPS) is 13.4. The fourth-order valence-electron chi connectivity index (χ4n) is 1.81. The molecule has 1 unspecified atom stereocenters. The van der Waals surface area contributed by atoms with Crippen LogP contribution in [0.2, 0.25) is 0 Å². The van der Waals surface area contributed by atoms with Crippen LogP contribution in [0.1, 0.15) is 52.2 Å². The Morgan fingerprint density at radius 3 is 2.39 bits per heavy atom. The standard InChI is InChI=1S/C16H26O2/c1-6-12-8-9-15(18-11-13(17)7-2)14(10-12)16(3,4)5/h8-10,13,17H,6-7,11H2,1-5H3. The molecule has 1 atom stereocenters. The number of rotatable bonds is 5. The topological polar surface area (TPSA) is 29.5 Å². The summed E-state index contributed by atoms with van der Waals surface area (Å²) < 4.78 is 5.77. The van der Waals surface area contributed by atoms with E-state index < -0.39 is 0 Å². The van der Waals surface area contributed by atoms with Crippen LogP contribution in [0.15, 0.2) is 18.2 Å². The molecule has 102 valence electrons. The minimum atomic E-state index is -0.385. The van der Waals surface area contributed by atoms with Crippen LogP contribution in [0, 0.1) is 0 Å². The summed E-state index contributed by atoms with van der Waals surface area (Å²) in [5, 5.41) is 9.59. The monoisotopic (exact) mass is 250 g/mol. The summed E-state index contributed by atoms with van der Waals surface area (Å²) in [6.45, 7) is 11.0. The Morgan fingerprint density at radius 1 is 1.22 bits per heavy atom. The highest BCUT2D eigenvalue weighted by molar-refractivity contribution is 5.41. The predicted molar refractivity (Wildman–Crippen MR) is 76.3 cm³/mol. The van der Waals surface area contributed by atoms with Gasteiger partial charge < -0.3 is 9.84 Å². The van der Waals surface area contributed by atoms with Crippen LogP contribution in [0.3, 0.4) is 0 Å². The zero-order valence-electron chi connectivity index (χ0n) is 12.3. The molecule has 18 heavy (non-hydrogen) atoms. The van der Waals surface area contributed by atoms with Crippen molar-refractivity contribution in [3.05, 3.63) is 29.3 Å². The highest BCUT2D eigenvalue weighted by Crippen LogP contribution is 2.32. The third kappa shape index (κ3) is 4.02. The van der Waals surface area contributed by atoms with Crippen LogP contribution in [-0.4, -0.2) is 17.8 Å². The molecule has 0 aliphatic heterocycles. The maximum Gasteiger partial charge on any atom is 0.123 e. The molecule has 1 N–H and O–H groups in total. The Bertz CT molecular complexity index is 377. The number of hydrogen-bond acceptors (Lipinski definition) is 2. The second-order valence-electron chi connectivity index (χ2n) is 5.81. The van der Waals surface area contributed by atoms with Gasteiger partial charge in [-0.1, -0.05) is 46.8 Å². The zero-order valence-corrected chi connectivity index (χ0v) is 12.3. The van der Waals surface area contributed by atoms with E-state index in [0.29, 0.717) is 6.61 Å². The van der Waals surface area contributed by atoms with Crippen molar-refractivity contribution in [2.75, 3.05) is 6.61 Å². The Labute approximate surface area is 111 Å². The number of ether oxygens (including phenoxy) is 1. The van der Waals surface area contributed by atoms with Crippen LogP contribution >= 0.6 is 0 Å². The maximum absolute atomic E-state index is 9.59. The van der Waals surface area contributed by atoms with Crippen molar-refractivity contribution >= 4 is 0 Å². The largest absolute Gasteiger partial charge is 0.491 e. The fourth-order valence-corrected chi connectivity index (χ4v) is 1.81. The summed E-state index contributed by atoms with van der Waals surface area (Å²) in [7, 11) is 0. The first kappa shape index (κ1) is 15.0. The Hall–Kier alpha value is -1.02. The smallest absolute Gasteiger partial charge is 0.123 e. The van der Waals surface area contributed by atoms with Gasteiger partial charge in [-0.25, -0.2) is 0 Å². The van der Waals surface area contributed by atoms with Crippen molar-refractivity contribution in [1.29, 1.82) is 0 Å². The molecule has 0 saturated heterocycles. The average molecular weight is 250 g/mol. The number of aliphatic hydroxyl groups excluding tert-OH is 1. The van der Waals surface area contributed by atoms with E-state index in [4.69, 9.17) is 4.74 Å². The molecule has 0 saturated carbocycles. The number of hydrogen-bond donors (Lipinski definition) is 1. The van der Waals surface area contributed by atoms with Crippen LogP contribution in [0.5, 0.6) is 5.75 Å². The fraction of sp³-hybridized carbons (Fsp3) is 0.625. The minimum Gasteiger partial charge on any atom is -0.491 e. The van der Waals surface area contributed by atoms with Gasteiger partial charge in [0.05, 0.1) is 6.10 Å². The van der Waals surface area contributed by atoms with E-state index >= 15 is 0 Å². The summed E-state index contributed by atoms with van der Waals surface area (Å²) in [6, 6.07) is 6.35. The number of aliphatic hydroxyl groups is 1. The van der Waals surface area contributed by atoms with Gasteiger partial charge in [-0.05, 0) is 35.4 Å². The lowest BCUT2D eigenvalue weighted by Crippen LogP contribution is -2.19. The molecule has 0 spiro atoms. The third-order valence-electron chi connectivity index (χ3n) is 3.16. The van der Waals surface area contributed by atoms with Crippen molar-refractivity contribution in [3.63, 3.8) is 0 Å². The Balaban J connectivity index is 2.96. The highest BCUT2D eigenvalue weighted by Gasteiger charge is 2.19. The molecule has 2 nitrogen and oxygen atoms in total. The molecule has 1 aromatic carbocycles. The van der Waals surface area contributed by atoms with Crippen molar-refractivity contribution in [1.82, 2.24) is 0 Å². The van der Waals surface area contributed by atoms with E-state index in [2.05, 4.69) is 39.8 Å². The lowest BCUT2D eigenvalue weighted by molar-refractivity contribution is 0.103. The molecular formula is C16H26O2. The van der Waals surface area contributed by atoms with Gasteiger partial charge in [-0.15, -0.1) is 0 Å². The van der Waals surface area contributed by atoms with Crippen molar-refractivity contribution in [2.45, 2.75) is 59.0 Å². The molecule has 2 heteroatoms. The second kappa shape index (κ2) is 6.24. The van der Waals surface area contributed by atoms with E-state index in [9.17, 15) is 5.11 Å². The Morgan fingerprint density at radius 2 is 1.89 bits per heavy atom. The lowest BCUT2D eigenvalue weighted by Gasteiger charge is -2.24. The predicted octanol–water partition coefficient (Wildman–Crippen LogP) is 3.70. The quantitative estimate of drug-likeness (QED) is 0.863.